The largest absolute Gasteiger partial charge is 0.383 e. The fraction of sp³-hybridized carbons (Fsp3) is 0.200. The highest BCUT2D eigenvalue weighted by Gasteiger charge is 2.07. The van der Waals surface area contributed by atoms with E-state index in [1.54, 1.807) is 5.38 Å². The van der Waals surface area contributed by atoms with E-state index in [1.165, 1.54) is 11.3 Å². The number of aromatic nitrogens is 1. The summed E-state index contributed by atoms with van der Waals surface area (Å²) in [5, 5.41) is 1.99. The van der Waals surface area contributed by atoms with Crippen molar-refractivity contribution in [2.75, 3.05) is 11.6 Å². The molecule has 0 saturated heterocycles. The van der Waals surface area contributed by atoms with E-state index in [-0.39, 0.29) is 11.7 Å². The SMILES string of the molecule is Nc1csc(C(=O)CCl)n1. The predicted octanol–water partition coefficient (Wildman–Crippen LogP) is 1.15. The highest BCUT2D eigenvalue weighted by molar-refractivity contribution is 7.12. The Morgan fingerprint density at radius 1 is 1.90 bits per heavy atom. The number of anilines is 1. The molecule has 0 radical (unpaired) electrons. The molecule has 1 aromatic rings. The normalized spacial score (nSPS) is 9.70. The van der Waals surface area contributed by atoms with E-state index in [0.717, 1.165) is 0 Å². The lowest BCUT2D eigenvalue weighted by molar-refractivity contribution is 0.102. The van der Waals surface area contributed by atoms with Gasteiger partial charge in [0, 0.05) is 5.38 Å². The topological polar surface area (TPSA) is 56.0 Å². The molecule has 1 aromatic heterocycles. The zero-order valence-corrected chi connectivity index (χ0v) is 6.58. The van der Waals surface area contributed by atoms with E-state index in [2.05, 4.69) is 4.98 Å². The molecule has 0 aliphatic carbocycles. The number of carbonyl (C=O) groups excluding carboxylic acids is 1. The van der Waals surface area contributed by atoms with Crippen molar-refractivity contribution in [1.29, 1.82) is 0 Å². The minimum Gasteiger partial charge on any atom is -0.383 e. The molecule has 0 aromatic carbocycles. The molecule has 1 heterocycles. The Morgan fingerprint density at radius 2 is 2.60 bits per heavy atom. The van der Waals surface area contributed by atoms with Gasteiger partial charge < -0.3 is 5.73 Å². The van der Waals surface area contributed by atoms with Crippen LogP contribution in [0.2, 0.25) is 0 Å². The first kappa shape index (κ1) is 7.50. The number of nitrogens with two attached hydrogens (primary N) is 1. The second kappa shape index (κ2) is 2.98. The maximum atomic E-state index is 10.8. The standard InChI is InChI=1S/C5H5ClN2OS/c6-1-3(9)5-8-4(7)2-10-5/h2H,1,7H2. The number of halogens is 1. The molecule has 5 heteroatoms. The van der Waals surface area contributed by atoms with Crippen LogP contribution in [0.3, 0.4) is 0 Å². The number of Topliss-reactive ketones (excluding diaryl/α,β-unsaturated/α-hetero) is 1. The molecule has 0 atom stereocenters. The Bertz CT molecular complexity index is 248. The number of carbonyl (C=O) groups is 1. The van der Waals surface area contributed by atoms with Crippen molar-refractivity contribution in [3.05, 3.63) is 10.4 Å². The van der Waals surface area contributed by atoms with E-state index in [9.17, 15) is 4.79 Å². The third kappa shape index (κ3) is 1.46. The molecule has 0 fully saturated rings. The lowest BCUT2D eigenvalue weighted by atomic mass is 10.5. The number of nitrogens with zero attached hydrogens (tertiary/aromatic N) is 1. The molecule has 0 amide bonds. The minimum absolute atomic E-state index is 0.0348. The summed E-state index contributed by atoms with van der Waals surface area (Å²) in [7, 11) is 0. The monoisotopic (exact) mass is 176 g/mol. The Labute approximate surface area is 66.8 Å². The molecule has 0 aliphatic rings. The number of alkyl halides is 1. The lowest BCUT2D eigenvalue weighted by Gasteiger charge is -1.84. The number of rotatable bonds is 2. The van der Waals surface area contributed by atoms with Gasteiger partial charge in [0.05, 0.1) is 5.88 Å². The highest BCUT2D eigenvalue weighted by atomic mass is 35.5. The Morgan fingerprint density at radius 3 is 3.00 bits per heavy atom. The number of ketones is 1. The molecule has 2 N–H and O–H groups in total. The van der Waals surface area contributed by atoms with Gasteiger partial charge in [0.15, 0.2) is 5.01 Å². The first-order valence-corrected chi connectivity index (χ1v) is 3.95. The molecular weight excluding hydrogens is 172 g/mol. The molecular formula is C5H5ClN2OS. The van der Waals surface area contributed by atoms with Crippen LogP contribution in [0.15, 0.2) is 5.38 Å². The summed E-state index contributed by atoms with van der Waals surface area (Å²) in [6.07, 6.45) is 0. The Kier molecular flexibility index (Phi) is 2.24. The number of hydrogen-bond donors (Lipinski definition) is 1. The minimum atomic E-state index is -0.177. The summed E-state index contributed by atoms with van der Waals surface area (Å²) < 4.78 is 0. The summed E-state index contributed by atoms with van der Waals surface area (Å²) in [5.41, 5.74) is 5.28. The van der Waals surface area contributed by atoms with Gasteiger partial charge in [-0.15, -0.1) is 22.9 Å². The predicted molar refractivity (Wildman–Crippen MR) is 41.6 cm³/mol. The van der Waals surface area contributed by atoms with Crippen molar-refractivity contribution in [1.82, 2.24) is 4.98 Å². The fourth-order valence-corrected chi connectivity index (χ4v) is 1.32. The molecule has 0 saturated carbocycles. The molecule has 0 aliphatic heterocycles. The summed E-state index contributed by atoms with van der Waals surface area (Å²) in [6, 6.07) is 0. The maximum Gasteiger partial charge on any atom is 0.206 e. The van der Waals surface area contributed by atoms with Gasteiger partial charge in [-0.1, -0.05) is 0 Å². The Hall–Kier alpha value is -0.610. The maximum absolute atomic E-state index is 10.8. The second-order valence-electron chi connectivity index (χ2n) is 1.63. The highest BCUT2D eigenvalue weighted by Crippen LogP contribution is 2.11. The average molecular weight is 177 g/mol. The summed E-state index contributed by atoms with van der Waals surface area (Å²) in [5.74, 6) is 0.161. The van der Waals surface area contributed by atoms with Gasteiger partial charge in [0.2, 0.25) is 5.78 Å². The first-order chi connectivity index (χ1) is 4.74. The third-order valence-electron chi connectivity index (χ3n) is 0.882. The summed E-state index contributed by atoms with van der Waals surface area (Å²) in [6.45, 7) is 0. The van der Waals surface area contributed by atoms with E-state index < -0.39 is 0 Å². The van der Waals surface area contributed by atoms with E-state index in [1.807, 2.05) is 0 Å². The van der Waals surface area contributed by atoms with Gasteiger partial charge >= 0.3 is 0 Å². The molecule has 54 valence electrons. The molecule has 0 unspecified atom stereocenters. The van der Waals surface area contributed by atoms with Crippen molar-refractivity contribution in [3.63, 3.8) is 0 Å². The Balaban J connectivity index is 2.85. The van der Waals surface area contributed by atoms with Crippen LogP contribution in [-0.2, 0) is 0 Å². The van der Waals surface area contributed by atoms with E-state index >= 15 is 0 Å². The van der Waals surface area contributed by atoms with Gasteiger partial charge in [-0.05, 0) is 0 Å². The van der Waals surface area contributed by atoms with Crippen LogP contribution in [0.4, 0.5) is 5.82 Å². The van der Waals surface area contributed by atoms with Crippen LogP contribution in [0.5, 0.6) is 0 Å². The lowest BCUT2D eigenvalue weighted by Crippen LogP contribution is -1.99. The zero-order chi connectivity index (χ0) is 7.56. The molecule has 10 heavy (non-hydrogen) atoms. The fourth-order valence-electron chi connectivity index (χ4n) is 0.471. The number of thiazole rings is 1. The third-order valence-corrected chi connectivity index (χ3v) is 2.03. The van der Waals surface area contributed by atoms with Crippen LogP contribution in [0.25, 0.3) is 0 Å². The van der Waals surface area contributed by atoms with Gasteiger partial charge in [-0.2, -0.15) is 0 Å². The van der Waals surface area contributed by atoms with Gasteiger partial charge in [-0.25, -0.2) is 4.98 Å². The zero-order valence-electron chi connectivity index (χ0n) is 5.00. The molecule has 1 rings (SSSR count). The summed E-state index contributed by atoms with van der Waals surface area (Å²) in [4.78, 5) is 14.5. The van der Waals surface area contributed by atoms with Crippen molar-refractivity contribution >= 4 is 34.5 Å². The average Bonchev–Trinajstić information content (AvgIpc) is 2.34. The van der Waals surface area contributed by atoms with Crippen molar-refractivity contribution in [2.45, 2.75) is 0 Å². The number of hydrogen-bond acceptors (Lipinski definition) is 4. The van der Waals surface area contributed by atoms with Crippen LogP contribution in [0, 0.1) is 0 Å². The van der Waals surface area contributed by atoms with Gasteiger partial charge in [0.25, 0.3) is 0 Å². The molecule has 3 nitrogen and oxygen atoms in total. The van der Waals surface area contributed by atoms with Crippen molar-refractivity contribution < 1.29 is 4.79 Å². The van der Waals surface area contributed by atoms with Crippen LogP contribution in [-0.4, -0.2) is 16.6 Å². The second-order valence-corrected chi connectivity index (χ2v) is 2.76. The van der Waals surface area contributed by atoms with E-state index in [0.29, 0.717) is 10.8 Å². The van der Waals surface area contributed by atoms with Crippen LogP contribution in [0.1, 0.15) is 9.80 Å². The smallest absolute Gasteiger partial charge is 0.206 e. The van der Waals surface area contributed by atoms with E-state index in [4.69, 9.17) is 17.3 Å². The first-order valence-electron chi connectivity index (χ1n) is 2.54. The summed E-state index contributed by atoms with van der Waals surface area (Å²) >= 11 is 6.48. The number of nitrogen functional groups attached to an aromatic ring is 1. The molecule has 0 bridgehead atoms. The molecule has 0 spiro atoms. The van der Waals surface area contributed by atoms with Crippen molar-refractivity contribution in [3.8, 4) is 0 Å². The van der Waals surface area contributed by atoms with Crippen molar-refractivity contribution in [2.24, 2.45) is 0 Å². The van der Waals surface area contributed by atoms with Gasteiger partial charge in [-0.3, -0.25) is 4.79 Å². The quantitative estimate of drug-likeness (QED) is 0.543. The van der Waals surface area contributed by atoms with Crippen LogP contribution < -0.4 is 5.73 Å². The van der Waals surface area contributed by atoms with Crippen LogP contribution >= 0.6 is 22.9 Å². The van der Waals surface area contributed by atoms with Gasteiger partial charge in [0.1, 0.15) is 5.82 Å².